The van der Waals surface area contributed by atoms with Gasteiger partial charge in [0.15, 0.2) is 0 Å². The van der Waals surface area contributed by atoms with Crippen molar-refractivity contribution in [1.82, 2.24) is 9.62 Å². The van der Waals surface area contributed by atoms with Crippen molar-refractivity contribution < 1.29 is 13.2 Å². The highest BCUT2D eigenvalue weighted by molar-refractivity contribution is 7.88. The summed E-state index contributed by atoms with van der Waals surface area (Å²) >= 11 is 6.00. The number of hydrogen-bond acceptors (Lipinski definition) is 3. The minimum Gasteiger partial charge on any atom is -0.352 e. The van der Waals surface area contributed by atoms with Gasteiger partial charge >= 0.3 is 0 Å². The number of benzene rings is 1. The second kappa shape index (κ2) is 6.34. The van der Waals surface area contributed by atoms with Crippen molar-refractivity contribution in [3.8, 4) is 0 Å². The van der Waals surface area contributed by atoms with Gasteiger partial charge in [0, 0.05) is 30.2 Å². The molecule has 1 amide bonds. The zero-order chi connectivity index (χ0) is 15.6. The van der Waals surface area contributed by atoms with Crippen molar-refractivity contribution in [1.29, 1.82) is 0 Å². The summed E-state index contributed by atoms with van der Waals surface area (Å²) in [5.74, 6) is -0.0284. The quantitative estimate of drug-likeness (QED) is 0.913. The molecule has 1 aliphatic rings. The Balaban J connectivity index is 1.89. The van der Waals surface area contributed by atoms with Crippen LogP contribution in [0.3, 0.4) is 0 Å². The van der Waals surface area contributed by atoms with E-state index >= 15 is 0 Å². The van der Waals surface area contributed by atoms with E-state index in [1.54, 1.807) is 18.2 Å². The first-order chi connectivity index (χ1) is 9.77. The topological polar surface area (TPSA) is 66.5 Å². The van der Waals surface area contributed by atoms with E-state index in [1.807, 2.05) is 6.92 Å². The van der Waals surface area contributed by atoms with Gasteiger partial charge in [-0.15, -0.1) is 0 Å². The van der Waals surface area contributed by atoms with Crippen LogP contribution in [0.1, 0.15) is 22.3 Å². The summed E-state index contributed by atoms with van der Waals surface area (Å²) in [6.45, 7) is 3.34. The highest BCUT2D eigenvalue weighted by atomic mass is 35.5. The maximum Gasteiger partial charge on any atom is 0.251 e. The summed E-state index contributed by atoms with van der Waals surface area (Å²) in [6.07, 6.45) is 1.98. The van der Waals surface area contributed by atoms with Gasteiger partial charge < -0.3 is 5.32 Å². The predicted octanol–water partition coefficient (Wildman–Crippen LogP) is 1.66. The molecule has 0 bridgehead atoms. The third-order valence-corrected chi connectivity index (χ3v) is 5.38. The summed E-state index contributed by atoms with van der Waals surface area (Å²) in [5, 5.41) is 3.40. The van der Waals surface area contributed by atoms with Crippen molar-refractivity contribution in [2.45, 2.75) is 13.3 Å². The van der Waals surface area contributed by atoms with Crippen LogP contribution in [0, 0.1) is 12.8 Å². The van der Waals surface area contributed by atoms with Crippen LogP contribution in [-0.2, 0) is 10.0 Å². The molecule has 1 fully saturated rings. The molecular weight excluding hydrogens is 312 g/mol. The Bertz CT molecular complexity index is 646. The van der Waals surface area contributed by atoms with Gasteiger partial charge in [0.1, 0.15) is 0 Å². The summed E-state index contributed by atoms with van der Waals surface area (Å²) in [5.41, 5.74) is 1.44. The van der Waals surface area contributed by atoms with Crippen molar-refractivity contribution in [2.24, 2.45) is 5.92 Å². The Labute approximate surface area is 130 Å². The SMILES string of the molecule is Cc1ccc(C(=O)NC[C@@H]2CCN(S(C)(=O)=O)C2)cc1Cl. The molecule has 1 heterocycles. The number of nitrogens with one attached hydrogen (secondary N) is 1. The fourth-order valence-corrected chi connectivity index (χ4v) is 3.44. The van der Waals surface area contributed by atoms with Gasteiger partial charge in [0.25, 0.3) is 5.91 Å². The van der Waals surface area contributed by atoms with Crippen LogP contribution in [0.4, 0.5) is 0 Å². The lowest BCUT2D eigenvalue weighted by molar-refractivity contribution is 0.0948. The lowest BCUT2D eigenvalue weighted by Crippen LogP contribution is -2.32. The number of sulfonamides is 1. The first-order valence-electron chi connectivity index (χ1n) is 6.77. The average Bonchev–Trinajstić information content (AvgIpc) is 2.88. The first kappa shape index (κ1) is 16.3. The minimum absolute atomic E-state index is 0.157. The number of aryl methyl sites for hydroxylation is 1. The fraction of sp³-hybridized carbons (Fsp3) is 0.500. The molecule has 0 aromatic heterocycles. The third-order valence-electron chi connectivity index (χ3n) is 3.70. The molecular formula is C14H19ClN2O3S. The normalized spacial score (nSPS) is 19.7. The lowest BCUT2D eigenvalue weighted by Gasteiger charge is -2.14. The van der Waals surface area contributed by atoms with Crippen molar-refractivity contribution in [2.75, 3.05) is 25.9 Å². The van der Waals surface area contributed by atoms with Gasteiger partial charge in [-0.25, -0.2) is 12.7 Å². The Morgan fingerprint density at radius 3 is 2.76 bits per heavy atom. The molecule has 2 rings (SSSR count). The average molecular weight is 331 g/mol. The van der Waals surface area contributed by atoms with Gasteiger partial charge in [-0.3, -0.25) is 4.79 Å². The van der Waals surface area contributed by atoms with E-state index in [0.717, 1.165) is 12.0 Å². The smallest absolute Gasteiger partial charge is 0.251 e. The zero-order valence-electron chi connectivity index (χ0n) is 12.1. The first-order valence-corrected chi connectivity index (χ1v) is 8.99. The van der Waals surface area contributed by atoms with Gasteiger partial charge in [0.2, 0.25) is 10.0 Å². The number of halogens is 1. The van der Waals surface area contributed by atoms with Crippen molar-refractivity contribution in [3.63, 3.8) is 0 Å². The van der Waals surface area contributed by atoms with E-state index in [2.05, 4.69) is 5.32 Å². The molecule has 0 radical (unpaired) electrons. The van der Waals surface area contributed by atoms with E-state index in [1.165, 1.54) is 10.6 Å². The number of hydrogen-bond donors (Lipinski definition) is 1. The molecule has 7 heteroatoms. The molecule has 1 aromatic carbocycles. The van der Waals surface area contributed by atoms with Crippen molar-refractivity contribution >= 4 is 27.5 Å². The largest absolute Gasteiger partial charge is 0.352 e. The van der Waals surface area contributed by atoms with Crippen molar-refractivity contribution in [3.05, 3.63) is 34.3 Å². The standard InChI is InChI=1S/C14H19ClN2O3S/c1-10-3-4-12(7-13(10)15)14(18)16-8-11-5-6-17(9-11)21(2,19)20/h3-4,7,11H,5-6,8-9H2,1-2H3,(H,16,18)/t11-/m0/s1. The molecule has 1 aromatic rings. The van der Waals surface area contributed by atoms with Crippen LogP contribution < -0.4 is 5.32 Å². The summed E-state index contributed by atoms with van der Waals surface area (Å²) in [6, 6.07) is 5.18. The highest BCUT2D eigenvalue weighted by Crippen LogP contribution is 2.19. The van der Waals surface area contributed by atoms with Crippen LogP contribution in [0.2, 0.25) is 5.02 Å². The number of amides is 1. The van der Waals surface area contributed by atoms with Crippen LogP contribution in [0.15, 0.2) is 18.2 Å². The van der Waals surface area contributed by atoms with Crippen LogP contribution in [0.5, 0.6) is 0 Å². The zero-order valence-corrected chi connectivity index (χ0v) is 13.7. The van der Waals surface area contributed by atoms with Gasteiger partial charge in [-0.05, 0) is 37.0 Å². The van der Waals surface area contributed by atoms with E-state index in [9.17, 15) is 13.2 Å². The predicted molar refractivity (Wildman–Crippen MR) is 83.0 cm³/mol. The molecule has 1 N–H and O–H groups in total. The molecule has 0 saturated carbocycles. The second-order valence-electron chi connectivity index (χ2n) is 5.45. The molecule has 21 heavy (non-hydrogen) atoms. The maximum atomic E-state index is 12.0. The lowest BCUT2D eigenvalue weighted by atomic mass is 10.1. The number of carbonyl (C=O) groups excluding carboxylic acids is 1. The van der Waals surface area contributed by atoms with E-state index in [-0.39, 0.29) is 11.8 Å². The van der Waals surface area contributed by atoms with Crippen LogP contribution in [0.25, 0.3) is 0 Å². The van der Waals surface area contributed by atoms with Gasteiger partial charge in [-0.2, -0.15) is 0 Å². The Morgan fingerprint density at radius 2 is 2.19 bits per heavy atom. The van der Waals surface area contributed by atoms with E-state index < -0.39 is 10.0 Å². The maximum absolute atomic E-state index is 12.0. The van der Waals surface area contributed by atoms with Gasteiger partial charge in [0.05, 0.1) is 6.26 Å². The van der Waals surface area contributed by atoms with E-state index in [4.69, 9.17) is 11.6 Å². The molecule has 1 atom stereocenters. The second-order valence-corrected chi connectivity index (χ2v) is 7.84. The molecule has 5 nitrogen and oxygen atoms in total. The molecule has 116 valence electrons. The highest BCUT2D eigenvalue weighted by Gasteiger charge is 2.28. The molecule has 1 saturated heterocycles. The minimum atomic E-state index is -3.13. The molecule has 0 unspecified atom stereocenters. The number of carbonyl (C=O) groups is 1. The monoisotopic (exact) mass is 330 g/mol. The Kier molecular flexibility index (Phi) is 4.91. The number of nitrogens with zero attached hydrogens (tertiary/aromatic N) is 1. The molecule has 0 spiro atoms. The van der Waals surface area contributed by atoms with Crippen LogP contribution >= 0.6 is 11.6 Å². The Hall–Kier alpha value is -1.11. The number of rotatable bonds is 4. The summed E-state index contributed by atoms with van der Waals surface area (Å²) < 4.78 is 24.3. The Morgan fingerprint density at radius 1 is 1.48 bits per heavy atom. The summed E-state index contributed by atoms with van der Waals surface area (Å²) in [4.78, 5) is 12.0. The molecule has 1 aliphatic heterocycles. The molecule has 0 aliphatic carbocycles. The van der Waals surface area contributed by atoms with Crippen LogP contribution in [-0.4, -0.2) is 44.5 Å². The van der Waals surface area contributed by atoms with E-state index in [0.29, 0.717) is 30.2 Å². The third kappa shape index (κ3) is 4.18. The fourth-order valence-electron chi connectivity index (χ4n) is 2.34. The van der Waals surface area contributed by atoms with Gasteiger partial charge in [-0.1, -0.05) is 17.7 Å². The summed E-state index contributed by atoms with van der Waals surface area (Å²) in [7, 11) is -3.13.